The first-order chi connectivity index (χ1) is 13.2. The Labute approximate surface area is 164 Å². The summed E-state index contributed by atoms with van der Waals surface area (Å²) in [4.78, 5) is 25.5. The first-order valence-corrected chi connectivity index (χ1v) is 8.87. The number of hydrogen-bond donors (Lipinski definition) is 2. The number of nitrogens with zero attached hydrogens (tertiary/aromatic N) is 1. The Bertz CT molecular complexity index is 902. The molecule has 148 valence electrons. The van der Waals surface area contributed by atoms with Crippen molar-refractivity contribution in [2.75, 3.05) is 29.9 Å². The Morgan fingerprint density at radius 1 is 1.21 bits per heavy atom. The molecule has 0 aromatic heterocycles. The summed E-state index contributed by atoms with van der Waals surface area (Å²) in [5, 5.41) is 5.72. The lowest BCUT2D eigenvalue weighted by Gasteiger charge is -2.29. The van der Waals surface area contributed by atoms with Gasteiger partial charge in [0, 0.05) is 18.8 Å². The summed E-state index contributed by atoms with van der Waals surface area (Å²) in [6.45, 7) is 1.33. The molecule has 28 heavy (non-hydrogen) atoms. The summed E-state index contributed by atoms with van der Waals surface area (Å²) >= 11 is 6.28. The molecule has 1 saturated heterocycles. The number of rotatable bonds is 4. The molecule has 0 unspecified atom stereocenters. The fraction of sp³-hybridized carbons (Fsp3) is 0.263. The van der Waals surface area contributed by atoms with Gasteiger partial charge >= 0.3 is 6.18 Å². The number of nitrogens with one attached hydrogen (secondary N) is 2. The molecular formula is C19H17ClF3N3O2. The fourth-order valence-electron chi connectivity index (χ4n) is 2.93. The lowest BCUT2D eigenvalue weighted by Crippen LogP contribution is -2.47. The maximum Gasteiger partial charge on any atom is 0.416 e. The highest BCUT2D eigenvalue weighted by atomic mass is 35.5. The van der Waals surface area contributed by atoms with Crippen LogP contribution in [0.25, 0.3) is 0 Å². The van der Waals surface area contributed by atoms with Gasteiger partial charge in [0.15, 0.2) is 0 Å². The average Bonchev–Trinajstić information content (AvgIpc) is 2.61. The quantitative estimate of drug-likeness (QED) is 0.809. The zero-order valence-electron chi connectivity index (χ0n) is 14.6. The van der Waals surface area contributed by atoms with Crippen molar-refractivity contribution in [3.05, 3.63) is 58.6 Å². The van der Waals surface area contributed by atoms with E-state index in [1.807, 2.05) is 4.90 Å². The van der Waals surface area contributed by atoms with E-state index >= 15 is 0 Å². The van der Waals surface area contributed by atoms with Crippen LogP contribution in [0.3, 0.4) is 0 Å². The van der Waals surface area contributed by atoms with Crippen LogP contribution >= 0.6 is 11.6 Å². The molecule has 2 aromatic rings. The third-order valence-corrected chi connectivity index (χ3v) is 4.53. The maximum atomic E-state index is 12.8. The van der Waals surface area contributed by atoms with Crippen molar-refractivity contribution in [2.45, 2.75) is 12.6 Å². The minimum Gasteiger partial charge on any atom is -0.359 e. The zero-order valence-corrected chi connectivity index (χ0v) is 15.4. The Kier molecular flexibility index (Phi) is 5.79. The molecule has 9 heteroatoms. The van der Waals surface area contributed by atoms with Gasteiger partial charge in [-0.05, 0) is 29.8 Å². The van der Waals surface area contributed by atoms with Crippen LogP contribution in [-0.4, -0.2) is 31.4 Å². The second-order valence-corrected chi connectivity index (χ2v) is 6.77. The van der Waals surface area contributed by atoms with Gasteiger partial charge in [-0.15, -0.1) is 0 Å². The van der Waals surface area contributed by atoms with Gasteiger partial charge in [0.1, 0.15) is 0 Å². The van der Waals surface area contributed by atoms with Crippen LogP contribution in [0.2, 0.25) is 5.02 Å². The van der Waals surface area contributed by atoms with Crippen molar-refractivity contribution < 1.29 is 22.8 Å². The maximum absolute atomic E-state index is 12.8. The average molecular weight is 412 g/mol. The van der Waals surface area contributed by atoms with Crippen LogP contribution in [0, 0.1) is 0 Å². The summed E-state index contributed by atoms with van der Waals surface area (Å²) in [5.74, 6) is -0.554. The number of hydrogen-bond acceptors (Lipinski definition) is 3. The molecule has 3 rings (SSSR count). The number of anilines is 2. The first-order valence-electron chi connectivity index (χ1n) is 8.49. The lowest BCUT2D eigenvalue weighted by atomic mass is 10.1. The monoisotopic (exact) mass is 411 g/mol. The van der Waals surface area contributed by atoms with E-state index in [1.54, 1.807) is 18.2 Å². The number of piperazine rings is 1. The fourth-order valence-corrected chi connectivity index (χ4v) is 3.23. The molecule has 1 heterocycles. The van der Waals surface area contributed by atoms with Crippen molar-refractivity contribution in [3.8, 4) is 0 Å². The normalized spacial score (nSPS) is 14.6. The van der Waals surface area contributed by atoms with E-state index in [0.29, 0.717) is 29.5 Å². The largest absolute Gasteiger partial charge is 0.416 e. The number of alkyl halides is 3. The van der Waals surface area contributed by atoms with Crippen molar-refractivity contribution in [2.24, 2.45) is 0 Å². The van der Waals surface area contributed by atoms with E-state index in [4.69, 9.17) is 11.6 Å². The highest BCUT2D eigenvalue weighted by Crippen LogP contribution is 2.30. The molecule has 0 spiro atoms. The van der Waals surface area contributed by atoms with Crippen LogP contribution < -0.4 is 15.5 Å². The van der Waals surface area contributed by atoms with E-state index in [2.05, 4.69) is 10.6 Å². The zero-order chi connectivity index (χ0) is 20.3. The summed E-state index contributed by atoms with van der Waals surface area (Å²) in [7, 11) is 0. The van der Waals surface area contributed by atoms with Gasteiger partial charge < -0.3 is 15.5 Å². The number of amides is 2. The summed E-state index contributed by atoms with van der Waals surface area (Å²) in [6, 6.07) is 9.53. The van der Waals surface area contributed by atoms with Crippen molar-refractivity contribution >= 4 is 34.8 Å². The highest BCUT2D eigenvalue weighted by molar-refractivity contribution is 6.33. The molecule has 1 fully saturated rings. The van der Waals surface area contributed by atoms with Gasteiger partial charge in [0.2, 0.25) is 11.8 Å². The molecule has 0 radical (unpaired) electrons. The summed E-state index contributed by atoms with van der Waals surface area (Å²) in [5.41, 5.74) is 0.560. The molecule has 5 nitrogen and oxygen atoms in total. The molecule has 1 aliphatic rings. The van der Waals surface area contributed by atoms with E-state index in [-0.39, 0.29) is 24.4 Å². The van der Waals surface area contributed by atoms with Crippen LogP contribution in [-0.2, 0) is 22.2 Å². The number of carbonyl (C=O) groups excluding carboxylic acids is 2. The van der Waals surface area contributed by atoms with Gasteiger partial charge in [0.05, 0.1) is 29.2 Å². The van der Waals surface area contributed by atoms with Crippen molar-refractivity contribution in [1.29, 1.82) is 0 Å². The summed E-state index contributed by atoms with van der Waals surface area (Å²) < 4.78 is 38.3. The van der Waals surface area contributed by atoms with Crippen molar-refractivity contribution in [1.82, 2.24) is 5.32 Å². The van der Waals surface area contributed by atoms with Gasteiger partial charge in [-0.25, -0.2) is 0 Å². The van der Waals surface area contributed by atoms with Crippen LogP contribution in [0.1, 0.15) is 11.1 Å². The van der Waals surface area contributed by atoms with Gasteiger partial charge in [-0.3, -0.25) is 9.59 Å². The van der Waals surface area contributed by atoms with Gasteiger partial charge in [-0.1, -0.05) is 29.8 Å². The Morgan fingerprint density at radius 2 is 2.00 bits per heavy atom. The van der Waals surface area contributed by atoms with Crippen LogP contribution in [0.4, 0.5) is 24.5 Å². The molecule has 0 atom stereocenters. The minimum absolute atomic E-state index is 0.0965. The predicted molar refractivity (Wildman–Crippen MR) is 100 cm³/mol. The number of benzene rings is 2. The van der Waals surface area contributed by atoms with Crippen LogP contribution in [0.15, 0.2) is 42.5 Å². The Morgan fingerprint density at radius 3 is 2.68 bits per heavy atom. The van der Waals surface area contributed by atoms with Gasteiger partial charge in [-0.2, -0.15) is 13.2 Å². The number of halogens is 4. The molecule has 2 aromatic carbocycles. The Hall–Kier alpha value is -2.74. The molecule has 2 N–H and O–H groups in total. The highest BCUT2D eigenvalue weighted by Gasteiger charge is 2.30. The van der Waals surface area contributed by atoms with Crippen LogP contribution in [0.5, 0.6) is 0 Å². The molecule has 0 saturated carbocycles. The van der Waals surface area contributed by atoms with Gasteiger partial charge in [0.25, 0.3) is 0 Å². The van der Waals surface area contributed by atoms with E-state index in [0.717, 1.165) is 12.1 Å². The SMILES string of the molecule is O=C1CN(c2ccc(NC(=O)Cc3cccc(C(F)(F)F)c3)cc2Cl)CCN1. The van der Waals surface area contributed by atoms with E-state index < -0.39 is 17.6 Å². The van der Waals surface area contributed by atoms with E-state index in [1.165, 1.54) is 12.1 Å². The Balaban J connectivity index is 1.66. The van der Waals surface area contributed by atoms with Crippen molar-refractivity contribution in [3.63, 3.8) is 0 Å². The minimum atomic E-state index is -4.46. The molecule has 1 aliphatic heterocycles. The first kappa shape index (κ1) is 20.0. The third kappa shape index (κ3) is 4.95. The predicted octanol–water partition coefficient (Wildman–Crippen LogP) is 3.48. The molecule has 0 aliphatic carbocycles. The standard InChI is InChI=1S/C19H17ClF3N3O2/c20-15-10-14(4-5-16(15)26-7-6-24-18(28)11-26)25-17(27)9-12-2-1-3-13(8-12)19(21,22)23/h1-5,8,10H,6-7,9,11H2,(H,24,28)(H,25,27). The topological polar surface area (TPSA) is 61.4 Å². The number of carbonyl (C=O) groups is 2. The smallest absolute Gasteiger partial charge is 0.359 e. The van der Waals surface area contributed by atoms with E-state index in [9.17, 15) is 22.8 Å². The second kappa shape index (κ2) is 8.10. The molecule has 2 amide bonds. The molecular weight excluding hydrogens is 395 g/mol. The molecule has 0 bridgehead atoms. The lowest BCUT2D eigenvalue weighted by molar-refractivity contribution is -0.137. The second-order valence-electron chi connectivity index (χ2n) is 6.36. The third-order valence-electron chi connectivity index (χ3n) is 4.23. The summed E-state index contributed by atoms with van der Waals surface area (Å²) in [6.07, 6.45) is -4.66.